The number of benzene rings is 2. The van der Waals surface area contributed by atoms with Crippen molar-refractivity contribution in [1.29, 1.82) is 0 Å². The standard InChI is InChI=1S/C22H28N2O3S3/c1-22(2,3)17-7-9-19(10-8-17)30(26,27)23-12-11-20(25)24-18-6-4-5-16(15-18)21-28-13-14-29-21/h4-10,15,21,23H,11-14H2,1-3H3,(H,24,25). The van der Waals surface area contributed by atoms with E-state index in [1.165, 1.54) is 5.56 Å². The third-order valence-electron chi connectivity index (χ3n) is 4.74. The number of hydrogen-bond acceptors (Lipinski definition) is 5. The number of thioether (sulfide) groups is 2. The van der Waals surface area contributed by atoms with Crippen molar-refractivity contribution in [2.75, 3.05) is 23.4 Å². The van der Waals surface area contributed by atoms with Crippen LogP contribution in [0.1, 0.15) is 42.9 Å². The zero-order valence-corrected chi connectivity index (χ0v) is 19.9. The Morgan fingerprint density at radius 2 is 1.73 bits per heavy atom. The van der Waals surface area contributed by atoms with Crippen LogP contribution in [-0.2, 0) is 20.2 Å². The molecule has 30 heavy (non-hydrogen) atoms. The molecule has 0 aromatic heterocycles. The third-order valence-corrected chi connectivity index (χ3v) is 9.32. The second-order valence-electron chi connectivity index (χ2n) is 8.17. The van der Waals surface area contributed by atoms with E-state index in [1.807, 2.05) is 53.9 Å². The fraction of sp³-hybridized carbons (Fsp3) is 0.409. The van der Waals surface area contributed by atoms with Crippen molar-refractivity contribution in [3.63, 3.8) is 0 Å². The van der Waals surface area contributed by atoms with Crippen LogP contribution in [-0.4, -0.2) is 32.4 Å². The van der Waals surface area contributed by atoms with Crippen LogP contribution >= 0.6 is 23.5 Å². The minimum Gasteiger partial charge on any atom is -0.326 e. The number of carbonyl (C=O) groups excluding carboxylic acids is 1. The summed E-state index contributed by atoms with van der Waals surface area (Å²) in [6.07, 6.45) is 0.0659. The molecule has 1 aliphatic rings. The summed E-state index contributed by atoms with van der Waals surface area (Å²) in [5.74, 6) is 2.07. The van der Waals surface area contributed by atoms with Gasteiger partial charge >= 0.3 is 0 Å². The largest absolute Gasteiger partial charge is 0.326 e. The molecule has 0 aliphatic carbocycles. The highest BCUT2D eigenvalue weighted by Gasteiger charge is 2.19. The quantitative estimate of drug-likeness (QED) is 0.617. The van der Waals surface area contributed by atoms with Gasteiger partial charge in [0.05, 0.1) is 9.48 Å². The van der Waals surface area contributed by atoms with Gasteiger partial charge in [0.2, 0.25) is 15.9 Å². The fourth-order valence-corrected chi connectivity index (χ4v) is 6.92. The lowest BCUT2D eigenvalue weighted by Gasteiger charge is -2.19. The number of rotatable bonds is 7. The van der Waals surface area contributed by atoms with Gasteiger partial charge in [0.15, 0.2) is 0 Å². The van der Waals surface area contributed by atoms with Gasteiger partial charge < -0.3 is 5.32 Å². The molecule has 0 atom stereocenters. The van der Waals surface area contributed by atoms with Gasteiger partial charge in [-0.2, -0.15) is 0 Å². The molecule has 0 unspecified atom stereocenters. The summed E-state index contributed by atoms with van der Waals surface area (Å²) < 4.78 is 27.9. The van der Waals surface area contributed by atoms with Crippen LogP contribution in [0.25, 0.3) is 0 Å². The zero-order chi connectivity index (χ0) is 21.8. The fourth-order valence-electron chi connectivity index (χ4n) is 3.05. The van der Waals surface area contributed by atoms with Crippen LogP contribution in [0.2, 0.25) is 0 Å². The Balaban J connectivity index is 1.52. The minimum atomic E-state index is -3.64. The number of sulfonamides is 1. The van der Waals surface area contributed by atoms with Gasteiger partial charge in [-0.25, -0.2) is 13.1 Å². The van der Waals surface area contributed by atoms with Crippen LogP contribution < -0.4 is 10.0 Å². The molecule has 1 heterocycles. The summed E-state index contributed by atoms with van der Waals surface area (Å²) in [6.45, 7) is 6.28. The number of anilines is 1. The first-order valence-corrected chi connectivity index (χ1v) is 13.5. The molecule has 1 amide bonds. The summed E-state index contributed by atoms with van der Waals surface area (Å²) in [6, 6.07) is 14.7. The molecule has 3 rings (SSSR count). The Morgan fingerprint density at radius 3 is 2.37 bits per heavy atom. The molecule has 2 N–H and O–H groups in total. The van der Waals surface area contributed by atoms with E-state index in [0.717, 1.165) is 22.8 Å². The van der Waals surface area contributed by atoms with Crippen LogP contribution in [0.5, 0.6) is 0 Å². The first-order chi connectivity index (χ1) is 14.1. The predicted molar refractivity (Wildman–Crippen MR) is 128 cm³/mol. The molecule has 0 saturated carbocycles. The SMILES string of the molecule is CC(C)(C)c1ccc(S(=O)(=O)NCCC(=O)Nc2cccc(C3SCCS3)c2)cc1. The van der Waals surface area contributed by atoms with Crippen molar-refractivity contribution >= 4 is 45.1 Å². The first kappa shape index (κ1) is 23.2. The maximum atomic E-state index is 12.5. The number of carbonyl (C=O) groups is 1. The van der Waals surface area contributed by atoms with Crippen molar-refractivity contribution in [3.8, 4) is 0 Å². The van der Waals surface area contributed by atoms with Gasteiger partial charge in [-0.3, -0.25) is 4.79 Å². The van der Waals surface area contributed by atoms with Gasteiger partial charge in [0, 0.05) is 30.2 Å². The maximum absolute atomic E-state index is 12.5. The molecule has 1 fully saturated rings. The Labute approximate surface area is 187 Å². The first-order valence-electron chi connectivity index (χ1n) is 9.88. The van der Waals surface area contributed by atoms with Gasteiger partial charge in [0.25, 0.3) is 0 Å². The summed E-state index contributed by atoms with van der Waals surface area (Å²) in [7, 11) is -3.64. The molecule has 0 radical (unpaired) electrons. The van der Waals surface area contributed by atoms with Gasteiger partial charge in [-0.05, 0) is 40.8 Å². The van der Waals surface area contributed by atoms with E-state index < -0.39 is 10.0 Å². The monoisotopic (exact) mass is 464 g/mol. The van der Waals surface area contributed by atoms with E-state index in [9.17, 15) is 13.2 Å². The van der Waals surface area contributed by atoms with Gasteiger partial charge in [-0.1, -0.05) is 45.0 Å². The highest BCUT2D eigenvalue weighted by Crippen LogP contribution is 2.45. The third kappa shape index (κ3) is 6.26. The molecule has 8 heteroatoms. The Kier molecular flexibility index (Phi) is 7.55. The summed E-state index contributed by atoms with van der Waals surface area (Å²) >= 11 is 3.83. The van der Waals surface area contributed by atoms with Crippen LogP contribution in [0, 0.1) is 0 Å². The Hall–Kier alpha value is -1.48. The van der Waals surface area contributed by atoms with Crippen LogP contribution in [0.3, 0.4) is 0 Å². The highest BCUT2D eigenvalue weighted by molar-refractivity contribution is 8.19. The molecule has 162 valence electrons. The molecule has 1 aliphatic heterocycles. The van der Waals surface area contributed by atoms with Crippen molar-refractivity contribution in [3.05, 3.63) is 59.7 Å². The molecule has 5 nitrogen and oxygen atoms in total. The van der Waals surface area contributed by atoms with Crippen LogP contribution in [0.4, 0.5) is 5.69 Å². The normalized spacial score (nSPS) is 15.3. The van der Waals surface area contributed by atoms with E-state index in [4.69, 9.17) is 0 Å². The topological polar surface area (TPSA) is 75.3 Å². The van der Waals surface area contributed by atoms with E-state index in [-0.39, 0.29) is 29.2 Å². The lowest BCUT2D eigenvalue weighted by Crippen LogP contribution is -2.28. The van der Waals surface area contributed by atoms with Gasteiger partial charge in [-0.15, -0.1) is 23.5 Å². The summed E-state index contributed by atoms with van der Waals surface area (Å²) in [5.41, 5.74) is 2.96. The lowest BCUT2D eigenvalue weighted by atomic mass is 9.87. The average Bonchev–Trinajstić information content (AvgIpc) is 3.22. The predicted octanol–water partition coefficient (Wildman–Crippen LogP) is 4.77. The van der Waals surface area contributed by atoms with Crippen molar-refractivity contribution < 1.29 is 13.2 Å². The molecule has 2 aromatic carbocycles. The van der Waals surface area contributed by atoms with E-state index in [2.05, 4.69) is 36.9 Å². The minimum absolute atomic E-state index is 0.0414. The number of nitrogens with one attached hydrogen (secondary N) is 2. The number of hydrogen-bond donors (Lipinski definition) is 2. The number of amides is 1. The molecule has 0 spiro atoms. The Bertz CT molecular complexity index is 977. The smallest absolute Gasteiger partial charge is 0.240 e. The van der Waals surface area contributed by atoms with E-state index in [0.29, 0.717) is 4.58 Å². The summed E-state index contributed by atoms with van der Waals surface area (Å²) in [4.78, 5) is 12.5. The van der Waals surface area contributed by atoms with Gasteiger partial charge in [0.1, 0.15) is 0 Å². The molecule has 0 bridgehead atoms. The Morgan fingerprint density at radius 1 is 1.07 bits per heavy atom. The zero-order valence-electron chi connectivity index (χ0n) is 17.5. The van der Waals surface area contributed by atoms with Crippen LogP contribution in [0.15, 0.2) is 53.4 Å². The molecular formula is C22H28N2O3S3. The van der Waals surface area contributed by atoms with Crippen molar-refractivity contribution in [2.45, 2.75) is 42.1 Å². The highest BCUT2D eigenvalue weighted by atomic mass is 32.2. The second kappa shape index (κ2) is 9.77. The molecule has 1 saturated heterocycles. The van der Waals surface area contributed by atoms with E-state index >= 15 is 0 Å². The summed E-state index contributed by atoms with van der Waals surface area (Å²) in [5, 5.41) is 2.86. The molecular weight excluding hydrogens is 436 g/mol. The maximum Gasteiger partial charge on any atom is 0.240 e. The second-order valence-corrected chi connectivity index (χ2v) is 12.7. The molecule has 2 aromatic rings. The average molecular weight is 465 g/mol. The lowest BCUT2D eigenvalue weighted by molar-refractivity contribution is -0.116. The van der Waals surface area contributed by atoms with Crippen molar-refractivity contribution in [2.24, 2.45) is 0 Å². The van der Waals surface area contributed by atoms with E-state index in [1.54, 1.807) is 12.1 Å². The van der Waals surface area contributed by atoms with Crippen molar-refractivity contribution in [1.82, 2.24) is 4.72 Å².